The van der Waals surface area contributed by atoms with Crippen molar-refractivity contribution in [1.82, 2.24) is 0 Å². The average molecular weight is 505 g/mol. The maximum atomic E-state index is 11.7. The Labute approximate surface area is 210 Å². The van der Waals surface area contributed by atoms with Crippen LogP contribution < -0.4 is 18.9 Å². The van der Waals surface area contributed by atoms with E-state index in [0.717, 1.165) is 0 Å². The summed E-state index contributed by atoms with van der Waals surface area (Å²) in [4.78, 5) is 34.9. The highest BCUT2D eigenvalue weighted by Gasteiger charge is 2.17. The second-order valence-electron chi connectivity index (χ2n) is 7.74. The van der Waals surface area contributed by atoms with Gasteiger partial charge in [-0.2, -0.15) is 0 Å². The maximum Gasteiger partial charge on any atom is 0.308 e. The number of esters is 3. The monoisotopic (exact) mass is 504 g/mol. The number of methoxy groups -OCH3 is 4. The van der Waals surface area contributed by atoms with E-state index < -0.39 is 5.97 Å². The molecular formula is C26H32O10. The number of rotatable bonds is 13. The third-order valence-electron chi connectivity index (χ3n) is 5.43. The predicted octanol–water partition coefficient (Wildman–Crippen LogP) is 2.91. The van der Waals surface area contributed by atoms with Gasteiger partial charge in [-0.3, -0.25) is 14.4 Å². The van der Waals surface area contributed by atoms with Gasteiger partial charge in [-0.1, -0.05) is 0 Å². The van der Waals surface area contributed by atoms with Crippen LogP contribution in [0, 0.1) is 0 Å². The molecule has 0 aromatic heterocycles. The Balaban J connectivity index is 2.40. The van der Waals surface area contributed by atoms with Crippen molar-refractivity contribution in [2.75, 3.05) is 28.4 Å². The van der Waals surface area contributed by atoms with E-state index in [2.05, 4.69) is 0 Å². The highest BCUT2D eigenvalue weighted by Crippen LogP contribution is 2.35. The molecule has 10 heteroatoms. The number of hydrogen-bond acceptors (Lipinski definition) is 10. The molecule has 36 heavy (non-hydrogen) atoms. The highest BCUT2D eigenvalue weighted by atomic mass is 16.6. The number of ether oxygens (including phenoxy) is 6. The first-order chi connectivity index (χ1) is 17.3. The second kappa shape index (κ2) is 13.9. The van der Waals surface area contributed by atoms with E-state index in [0.29, 0.717) is 52.3 Å². The number of aryl methyl sites for hydroxylation is 2. The molecule has 2 rings (SSSR count). The molecule has 0 aliphatic heterocycles. The fourth-order valence-electron chi connectivity index (χ4n) is 3.53. The van der Waals surface area contributed by atoms with Gasteiger partial charge in [0.25, 0.3) is 0 Å². The molecule has 0 saturated carbocycles. The summed E-state index contributed by atoms with van der Waals surface area (Å²) in [6.07, 6.45) is 0.913. The van der Waals surface area contributed by atoms with E-state index in [-0.39, 0.29) is 43.7 Å². The fourth-order valence-corrected chi connectivity index (χ4v) is 3.53. The molecular weight excluding hydrogens is 472 g/mol. The van der Waals surface area contributed by atoms with Crippen molar-refractivity contribution in [2.24, 2.45) is 0 Å². The van der Waals surface area contributed by atoms with Crippen molar-refractivity contribution < 1.29 is 47.9 Å². The lowest BCUT2D eigenvalue weighted by atomic mass is 10.0. The number of aliphatic hydroxyl groups is 1. The molecule has 1 N–H and O–H groups in total. The molecule has 0 radical (unpaired) electrons. The first-order valence-corrected chi connectivity index (χ1v) is 11.2. The molecule has 0 aliphatic rings. The summed E-state index contributed by atoms with van der Waals surface area (Å²) in [7, 11) is 5.56. The highest BCUT2D eigenvalue weighted by molar-refractivity contribution is 5.72. The number of hydrogen-bond donors (Lipinski definition) is 1. The number of carbonyl (C=O) groups is 3. The largest absolute Gasteiger partial charge is 0.493 e. The van der Waals surface area contributed by atoms with Crippen LogP contribution in [-0.4, -0.2) is 51.5 Å². The molecule has 0 saturated heterocycles. The van der Waals surface area contributed by atoms with Gasteiger partial charge in [0.2, 0.25) is 0 Å². The van der Waals surface area contributed by atoms with E-state index in [1.807, 2.05) is 0 Å². The third-order valence-corrected chi connectivity index (χ3v) is 5.43. The summed E-state index contributed by atoms with van der Waals surface area (Å²) in [5.41, 5.74) is 2.71. The fraction of sp³-hybridized carbons (Fsp3) is 0.423. The average Bonchev–Trinajstić information content (AvgIpc) is 2.88. The number of aliphatic hydroxyl groups excluding tert-OH is 1. The maximum absolute atomic E-state index is 11.7. The van der Waals surface area contributed by atoms with Crippen LogP contribution in [0.4, 0.5) is 0 Å². The van der Waals surface area contributed by atoms with Crippen molar-refractivity contribution >= 4 is 17.9 Å². The van der Waals surface area contributed by atoms with Crippen molar-refractivity contribution in [3.05, 3.63) is 46.5 Å². The van der Waals surface area contributed by atoms with Gasteiger partial charge in [-0.25, -0.2) is 0 Å². The Morgan fingerprint density at radius 1 is 0.694 bits per heavy atom. The van der Waals surface area contributed by atoms with Gasteiger partial charge < -0.3 is 33.5 Å². The molecule has 196 valence electrons. The van der Waals surface area contributed by atoms with Crippen molar-refractivity contribution in [2.45, 2.75) is 45.8 Å². The second-order valence-corrected chi connectivity index (χ2v) is 7.74. The van der Waals surface area contributed by atoms with Crippen LogP contribution in [0.15, 0.2) is 24.3 Å². The smallest absolute Gasteiger partial charge is 0.308 e. The van der Waals surface area contributed by atoms with E-state index in [1.165, 1.54) is 35.4 Å². The van der Waals surface area contributed by atoms with Crippen molar-refractivity contribution in [3.63, 3.8) is 0 Å². The lowest BCUT2D eigenvalue weighted by molar-refractivity contribution is -0.141. The van der Waals surface area contributed by atoms with Crippen LogP contribution in [0.3, 0.4) is 0 Å². The zero-order valence-corrected chi connectivity index (χ0v) is 21.2. The normalized spacial score (nSPS) is 10.4. The molecule has 0 unspecified atom stereocenters. The molecule has 2 aromatic rings. The minimum Gasteiger partial charge on any atom is -0.493 e. The first-order valence-electron chi connectivity index (χ1n) is 11.2. The molecule has 10 nitrogen and oxygen atoms in total. The van der Waals surface area contributed by atoms with Crippen LogP contribution in [0.2, 0.25) is 0 Å². The minimum absolute atomic E-state index is 0.0679. The van der Waals surface area contributed by atoms with Gasteiger partial charge in [0.05, 0.1) is 35.0 Å². The summed E-state index contributed by atoms with van der Waals surface area (Å²) in [6, 6.07) is 6.68. The molecule has 0 amide bonds. The summed E-state index contributed by atoms with van der Waals surface area (Å²) in [5.74, 6) is 0.0904. The van der Waals surface area contributed by atoms with Crippen LogP contribution in [0.1, 0.15) is 42.0 Å². The zero-order chi connectivity index (χ0) is 26.7. The third kappa shape index (κ3) is 7.88. The van der Waals surface area contributed by atoms with Gasteiger partial charge in [0.15, 0.2) is 23.0 Å². The SMILES string of the molecule is COC(=O)CCc1cc(OCc2cc(OC)c(OC(C)=O)cc2CCC(=O)OC)c(OC)cc1CO. The van der Waals surface area contributed by atoms with Crippen LogP contribution >= 0.6 is 0 Å². The van der Waals surface area contributed by atoms with Gasteiger partial charge in [-0.15, -0.1) is 0 Å². The Hall–Kier alpha value is -3.79. The van der Waals surface area contributed by atoms with E-state index in [1.54, 1.807) is 24.3 Å². The topological polar surface area (TPSA) is 127 Å². The molecule has 0 atom stereocenters. The zero-order valence-electron chi connectivity index (χ0n) is 21.2. The Morgan fingerprint density at radius 2 is 1.17 bits per heavy atom. The van der Waals surface area contributed by atoms with Gasteiger partial charge >= 0.3 is 17.9 Å². The summed E-state index contributed by atoms with van der Waals surface area (Å²) in [5, 5.41) is 9.77. The van der Waals surface area contributed by atoms with Crippen LogP contribution in [0.25, 0.3) is 0 Å². The Bertz CT molecular complexity index is 1080. The Kier molecular flexibility index (Phi) is 11.0. The summed E-state index contributed by atoms with van der Waals surface area (Å²) in [6.45, 7) is 1.11. The van der Waals surface area contributed by atoms with Gasteiger partial charge in [0.1, 0.15) is 6.61 Å². The number of carbonyl (C=O) groups excluding carboxylic acids is 3. The molecule has 0 heterocycles. The quantitative estimate of drug-likeness (QED) is 0.321. The lowest BCUT2D eigenvalue weighted by Gasteiger charge is -2.18. The molecule has 0 spiro atoms. The molecule has 0 bridgehead atoms. The Morgan fingerprint density at radius 3 is 1.67 bits per heavy atom. The van der Waals surface area contributed by atoms with Crippen molar-refractivity contribution in [3.8, 4) is 23.0 Å². The predicted molar refractivity (Wildman–Crippen MR) is 128 cm³/mol. The van der Waals surface area contributed by atoms with E-state index >= 15 is 0 Å². The van der Waals surface area contributed by atoms with Crippen LogP contribution in [0.5, 0.6) is 23.0 Å². The minimum atomic E-state index is -0.510. The van der Waals surface area contributed by atoms with E-state index in [4.69, 9.17) is 28.4 Å². The molecule has 0 aliphatic carbocycles. The van der Waals surface area contributed by atoms with E-state index in [9.17, 15) is 19.5 Å². The molecule has 2 aromatic carbocycles. The summed E-state index contributed by atoms with van der Waals surface area (Å²) >= 11 is 0. The summed E-state index contributed by atoms with van der Waals surface area (Å²) < 4.78 is 31.6. The van der Waals surface area contributed by atoms with Crippen molar-refractivity contribution in [1.29, 1.82) is 0 Å². The number of benzene rings is 2. The van der Waals surface area contributed by atoms with Gasteiger partial charge in [0, 0.05) is 19.8 Å². The standard InChI is InChI=1S/C26H32O10/c1-16(28)36-24-11-18(7-9-26(30)34-5)20(13-22(24)32-3)15-35-23-10-17(6-8-25(29)33-4)19(14-27)12-21(23)31-2/h10-13,27H,6-9,14-15H2,1-5H3. The lowest BCUT2D eigenvalue weighted by Crippen LogP contribution is -2.09. The molecule has 0 fully saturated rings. The first kappa shape index (κ1) is 28.4. The van der Waals surface area contributed by atoms with Gasteiger partial charge in [-0.05, 0) is 59.4 Å². The van der Waals surface area contributed by atoms with Crippen LogP contribution in [-0.2, 0) is 49.9 Å².